The number of amides is 2. The van der Waals surface area contributed by atoms with Gasteiger partial charge in [0.15, 0.2) is 0 Å². The van der Waals surface area contributed by atoms with E-state index in [4.69, 9.17) is 4.74 Å². The predicted octanol–water partition coefficient (Wildman–Crippen LogP) is 1.66. The number of aliphatic hydroxyl groups is 1. The lowest BCUT2D eigenvalue weighted by Crippen LogP contribution is -2.61. The molecule has 0 bridgehead atoms. The number of hydrogen-bond acceptors (Lipinski definition) is 6. The maximum atomic E-state index is 12.8. The standard InChI is InChI=1S/C26H40N4O4/c1-20(22-5-3-2-4-6-22)15-24(31)29-11-9-26(33,10-12-29)18-30-19-28-23(16-25(30)32)27-17-21-7-13-34-14-8-21/h2-6,20-21,23,27-28,33H,7-19H2,1H3/t20-,23?/m1/s1. The highest BCUT2D eigenvalue weighted by atomic mass is 16.5. The van der Waals surface area contributed by atoms with Gasteiger partial charge in [0.2, 0.25) is 11.8 Å². The molecule has 3 N–H and O–H groups in total. The largest absolute Gasteiger partial charge is 0.388 e. The predicted molar refractivity (Wildman–Crippen MR) is 130 cm³/mol. The van der Waals surface area contributed by atoms with Crippen molar-refractivity contribution in [2.45, 2.75) is 63.1 Å². The Morgan fingerprint density at radius 2 is 1.94 bits per heavy atom. The Morgan fingerprint density at radius 3 is 2.62 bits per heavy atom. The van der Waals surface area contributed by atoms with E-state index < -0.39 is 5.60 Å². The molecule has 3 heterocycles. The second-order valence-corrected chi connectivity index (χ2v) is 10.3. The molecule has 0 spiro atoms. The fraction of sp³-hybridized carbons (Fsp3) is 0.692. The van der Waals surface area contributed by atoms with Gasteiger partial charge in [-0.3, -0.25) is 14.9 Å². The Hall–Kier alpha value is -2.00. The smallest absolute Gasteiger partial charge is 0.226 e. The zero-order valence-corrected chi connectivity index (χ0v) is 20.4. The van der Waals surface area contributed by atoms with E-state index in [1.807, 2.05) is 23.1 Å². The first-order valence-electron chi connectivity index (χ1n) is 12.8. The van der Waals surface area contributed by atoms with E-state index in [0.717, 1.165) is 32.6 Å². The Kier molecular flexibility index (Phi) is 8.58. The van der Waals surface area contributed by atoms with Crippen molar-refractivity contribution in [2.24, 2.45) is 5.92 Å². The first kappa shape index (κ1) is 25.1. The molecule has 1 unspecified atom stereocenters. The number of carbonyl (C=O) groups is 2. The third-order valence-corrected chi connectivity index (χ3v) is 7.64. The van der Waals surface area contributed by atoms with Crippen molar-refractivity contribution in [1.82, 2.24) is 20.4 Å². The summed E-state index contributed by atoms with van der Waals surface area (Å²) in [5.41, 5.74) is 0.225. The molecule has 3 fully saturated rings. The summed E-state index contributed by atoms with van der Waals surface area (Å²) in [7, 11) is 0. The number of hydrogen-bond donors (Lipinski definition) is 3. The van der Waals surface area contributed by atoms with Gasteiger partial charge in [0.05, 0.1) is 31.4 Å². The van der Waals surface area contributed by atoms with Crippen molar-refractivity contribution >= 4 is 11.8 Å². The Bertz CT molecular complexity index is 806. The van der Waals surface area contributed by atoms with Crippen molar-refractivity contribution < 1.29 is 19.4 Å². The van der Waals surface area contributed by atoms with E-state index in [2.05, 4.69) is 29.7 Å². The molecule has 2 atom stereocenters. The van der Waals surface area contributed by atoms with Gasteiger partial charge in [0.1, 0.15) is 0 Å². The van der Waals surface area contributed by atoms with Gasteiger partial charge in [-0.1, -0.05) is 37.3 Å². The fourth-order valence-electron chi connectivity index (χ4n) is 5.21. The lowest BCUT2D eigenvalue weighted by molar-refractivity contribution is -0.145. The molecule has 3 aliphatic rings. The second-order valence-electron chi connectivity index (χ2n) is 10.3. The van der Waals surface area contributed by atoms with E-state index >= 15 is 0 Å². The molecule has 3 aliphatic heterocycles. The van der Waals surface area contributed by atoms with Gasteiger partial charge in [-0.25, -0.2) is 0 Å². The second kappa shape index (κ2) is 11.6. The number of β-amino-alcohol motifs (C(OH)–C–C–N with tert-alkyl or cyclic N) is 1. The fourth-order valence-corrected chi connectivity index (χ4v) is 5.21. The highest BCUT2D eigenvalue weighted by molar-refractivity contribution is 5.78. The molecule has 188 valence electrons. The molecule has 8 nitrogen and oxygen atoms in total. The van der Waals surface area contributed by atoms with E-state index in [0.29, 0.717) is 57.9 Å². The summed E-state index contributed by atoms with van der Waals surface area (Å²) in [4.78, 5) is 29.1. The van der Waals surface area contributed by atoms with Crippen molar-refractivity contribution in [3.05, 3.63) is 35.9 Å². The van der Waals surface area contributed by atoms with Crippen LogP contribution < -0.4 is 10.6 Å². The van der Waals surface area contributed by atoms with E-state index in [-0.39, 0.29) is 23.9 Å². The molecule has 3 saturated heterocycles. The van der Waals surface area contributed by atoms with Gasteiger partial charge in [0, 0.05) is 32.7 Å². The van der Waals surface area contributed by atoms with Gasteiger partial charge in [-0.05, 0) is 49.6 Å². The lowest BCUT2D eigenvalue weighted by atomic mass is 9.89. The summed E-state index contributed by atoms with van der Waals surface area (Å²) >= 11 is 0. The number of nitrogens with zero attached hydrogens (tertiary/aromatic N) is 2. The minimum absolute atomic E-state index is 0.0210. The van der Waals surface area contributed by atoms with Crippen LogP contribution in [-0.4, -0.2) is 84.5 Å². The number of ether oxygens (including phenoxy) is 1. The van der Waals surface area contributed by atoms with Crippen LogP contribution in [0.15, 0.2) is 30.3 Å². The van der Waals surface area contributed by atoms with Crippen LogP contribution in [0.5, 0.6) is 0 Å². The van der Waals surface area contributed by atoms with Gasteiger partial charge in [-0.15, -0.1) is 0 Å². The average Bonchev–Trinajstić information content (AvgIpc) is 2.86. The van der Waals surface area contributed by atoms with Gasteiger partial charge in [-0.2, -0.15) is 0 Å². The normalized spacial score (nSPS) is 24.8. The van der Waals surface area contributed by atoms with Crippen LogP contribution >= 0.6 is 0 Å². The number of piperidine rings is 1. The van der Waals surface area contributed by atoms with Gasteiger partial charge >= 0.3 is 0 Å². The van der Waals surface area contributed by atoms with Gasteiger partial charge < -0.3 is 25.0 Å². The Balaban J connectivity index is 1.18. The van der Waals surface area contributed by atoms with Gasteiger partial charge in [0.25, 0.3) is 0 Å². The maximum Gasteiger partial charge on any atom is 0.226 e. The molecular weight excluding hydrogens is 432 g/mol. The average molecular weight is 473 g/mol. The van der Waals surface area contributed by atoms with Crippen molar-refractivity contribution in [2.75, 3.05) is 46.1 Å². The van der Waals surface area contributed by atoms with Crippen LogP contribution in [0.2, 0.25) is 0 Å². The summed E-state index contributed by atoms with van der Waals surface area (Å²) < 4.78 is 5.41. The summed E-state index contributed by atoms with van der Waals surface area (Å²) in [5, 5.41) is 18.0. The first-order valence-corrected chi connectivity index (χ1v) is 12.8. The molecule has 4 rings (SSSR count). The maximum absolute atomic E-state index is 12.8. The van der Waals surface area contributed by atoms with E-state index in [1.165, 1.54) is 5.56 Å². The molecule has 0 aliphatic carbocycles. The number of likely N-dealkylation sites (tertiary alicyclic amines) is 1. The zero-order valence-electron chi connectivity index (χ0n) is 20.4. The molecule has 0 saturated carbocycles. The summed E-state index contributed by atoms with van der Waals surface area (Å²) in [6.07, 6.45) is 3.96. The molecular formula is C26H40N4O4. The lowest BCUT2D eigenvalue weighted by Gasteiger charge is -2.43. The molecule has 2 amide bonds. The summed E-state index contributed by atoms with van der Waals surface area (Å²) in [5.74, 6) is 0.965. The van der Waals surface area contributed by atoms with Crippen LogP contribution in [0.25, 0.3) is 0 Å². The molecule has 34 heavy (non-hydrogen) atoms. The van der Waals surface area contributed by atoms with Crippen LogP contribution in [0.3, 0.4) is 0 Å². The van der Waals surface area contributed by atoms with Crippen molar-refractivity contribution in [3.8, 4) is 0 Å². The summed E-state index contributed by atoms with van der Waals surface area (Å²) in [6.45, 7) is 6.43. The molecule has 1 aromatic rings. The first-order chi connectivity index (χ1) is 16.4. The van der Waals surface area contributed by atoms with Crippen molar-refractivity contribution in [1.29, 1.82) is 0 Å². The molecule has 1 aromatic carbocycles. The highest BCUT2D eigenvalue weighted by Crippen LogP contribution is 2.27. The topological polar surface area (TPSA) is 94.1 Å². The Labute approximate surface area is 203 Å². The van der Waals surface area contributed by atoms with Crippen LogP contribution in [0, 0.1) is 5.92 Å². The number of nitrogens with one attached hydrogen (secondary N) is 2. The van der Waals surface area contributed by atoms with E-state index in [9.17, 15) is 14.7 Å². The highest BCUT2D eigenvalue weighted by Gasteiger charge is 2.38. The third kappa shape index (κ3) is 6.78. The monoisotopic (exact) mass is 472 g/mol. The number of benzene rings is 1. The molecule has 0 radical (unpaired) electrons. The third-order valence-electron chi connectivity index (χ3n) is 7.64. The number of rotatable bonds is 8. The van der Waals surface area contributed by atoms with Crippen LogP contribution in [0.4, 0.5) is 0 Å². The van der Waals surface area contributed by atoms with Crippen LogP contribution in [0.1, 0.15) is 56.9 Å². The minimum Gasteiger partial charge on any atom is -0.388 e. The quantitative estimate of drug-likeness (QED) is 0.533. The Morgan fingerprint density at radius 1 is 1.24 bits per heavy atom. The minimum atomic E-state index is -0.943. The van der Waals surface area contributed by atoms with E-state index in [1.54, 1.807) is 4.90 Å². The molecule has 8 heteroatoms. The molecule has 0 aromatic heterocycles. The SMILES string of the molecule is C[C@H](CC(=O)N1CCC(O)(CN2CNC(NCC3CCOCC3)CC2=O)CC1)c1ccccc1. The van der Waals surface area contributed by atoms with Crippen molar-refractivity contribution in [3.63, 3.8) is 0 Å². The zero-order chi connectivity index (χ0) is 24.0. The van der Waals surface area contributed by atoms with Crippen LogP contribution in [-0.2, 0) is 14.3 Å². The number of carbonyl (C=O) groups excluding carboxylic acids is 2. The summed E-state index contributed by atoms with van der Waals surface area (Å²) in [6, 6.07) is 10.1.